The molecule has 0 radical (unpaired) electrons. The Balaban J connectivity index is 2.33. The molecular weight excluding hydrogens is 424 g/mol. The fourth-order valence-electron chi connectivity index (χ4n) is 4.11. The van der Waals surface area contributed by atoms with E-state index in [0.29, 0.717) is 0 Å². The van der Waals surface area contributed by atoms with Crippen LogP contribution in [-0.4, -0.2) is 28.0 Å². The third-order valence-corrected chi connectivity index (χ3v) is 8.40. The van der Waals surface area contributed by atoms with Crippen LogP contribution in [0.4, 0.5) is 0 Å². The molecule has 0 saturated carbocycles. The Kier molecular flexibility index (Phi) is 9.09. The third-order valence-electron chi connectivity index (χ3n) is 6.45. The van der Waals surface area contributed by atoms with Gasteiger partial charge < -0.3 is 14.4 Å². The maximum Gasteiger partial charge on any atom is 0.244 e. The first kappa shape index (κ1) is 26.2. The van der Waals surface area contributed by atoms with Crippen molar-refractivity contribution < 1.29 is 14.4 Å². The maximum absolute atomic E-state index is 11.4. The first-order valence-corrected chi connectivity index (χ1v) is 13.8. The molecule has 2 rings (SSSR count). The van der Waals surface area contributed by atoms with E-state index in [-0.39, 0.29) is 22.9 Å². The lowest BCUT2D eigenvalue weighted by Gasteiger charge is -2.32. The number of ether oxygens (including phenoxy) is 1. The number of benzene rings is 1. The molecule has 5 heteroatoms. The van der Waals surface area contributed by atoms with Crippen molar-refractivity contribution in [3.63, 3.8) is 0 Å². The number of aliphatic hydroxyl groups is 1. The minimum Gasteiger partial charge on any atom is -0.614 e. The van der Waals surface area contributed by atoms with Crippen LogP contribution >= 0.6 is 11.3 Å². The molecule has 3 nitrogen and oxygen atoms in total. The van der Waals surface area contributed by atoms with Crippen LogP contribution in [0, 0.1) is 19.3 Å². The fraction of sp³-hybridized carbons (Fsp3) is 0.615. The van der Waals surface area contributed by atoms with Crippen molar-refractivity contribution in [3.05, 3.63) is 50.7 Å². The SMILES string of the molecule is CCC(CC)(c1ccc(OC[S+](C)[O-])c(C)c1)c1cc(C)c(CCC(O)C(C)(C)C)s1. The molecule has 0 amide bonds. The van der Waals surface area contributed by atoms with Crippen LogP contribution in [0.15, 0.2) is 24.3 Å². The number of aryl methyl sites for hydroxylation is 3. The van der Waals surface area contributed by atoms with Gasteiger partial charge in [0, 0.05) is 15.2 Å². The second-order valence-electron chi connectivity index (χ2n) is 9.74. The molecule has 1 heterocycles. The van der Waals surface area contributed by atoms with Crippen LogP contribution in [-0.2, 0) is 23.0 Å². The molecular formula is C26H40O3S2. The third kappa shape index (κ3) is 6.28. The fourth-order valence-corrected chi connectivity index (χ4v) is 5.94. The molecule has 0 aliphatic rings. The molecule has 0 saturated heterocycles. The van der Waals surface area contributed by atoms with E-state index in [1.807, 2.05) is 17.4 Å². The molecule has 174 valence electrons. The Morgan fingerprint density at radius 3 is 2.26 bits per heavy atom. The van der Waals surface area contributed by atoms with Gasteiger partial charge >= 0.3 is 0 Å². The number of hydrogen-bond donors (Lipinski definition) is 1. The molecule has 2 unspecified atom stereocenters. The van der Waals surface area contributed by atoms with Gasteiger partial charge in [-0.3, -0.25) is 0 Å². The molecule has 31 heavy (non-hydrogen) atoms. The predicted octanol–water partition coefficient (Wildman–Crippen LogP) is 6.53. The molecule has 2 aromatic rings. The average Bonchev–Trinajstić information content (AvgIpc) is 3.06. The van der Waals surface area contributed by atoms with Crippen LogP contribution in [0.25, 0.3) is 0 Å². The second kappa shape index (κ2) is 10.7. The van der Waals surface area contributed by atoms with Crippen molar-refractivity contribution >= 4 is 22.5 Å². The summed E-state index contributed by atoms with van der Waals surface area (Å²) in [5.41, 5.74) is 3.59. The van der Waals surface area contributed by atoms with Crippen molar-refractivity contribution in [2.24, 2.45) is 5.41 Å². The first-order chi connectivity index (χ1) is 14.4. The topological polar surface area (TPSA) is 52.5 Å². The zero-order valence-corrected chi connectivity index (χ0v) is 22.1. The molecule has 0 aliphatic heterocycles. The molecule has 1 aromatic heterocycles. The Morgan fingerprint density at radius 2 is 1.74 bits per heavy atom. The number of aliphatic hydroxyl groups excluding tert-OH is 1. The molecule has 0 spiro atoms. The van der Waals surface area contributed by atoms with E-state index < -0.39 is 11.2 Å². The first-order valence-electron chi connectivity index (χ1n) is 11.3. The second-order valence-corrected chi connectivity index (χ2v) is 12.3. The van der Waals surface area contributed by atoms with E-state index in [4.69, 9.17) is 4.74 Å². The standard InChI is InChI=1S/C26H40O3S2/c1-9-26(10-2,20-11-12-21(18(3)15-20)29-17-31(8)28)24-16-19(4)22(30-24)13-14-23(27)25(5,6)7/h11-12,15-16,23,27H,9-10,13-14,17H2,1-8H3. The van der Waals surface area contributed by atoms with E-state index in [2.05, 4.69) is 66.7 Å². The Morgan fingerprint density at radius 1 is 1.10 bits per heavy atom. The number of rotatable bonds is 10. The normalized spacial score (nSPS) is 14.5. The quantitative estimate of drug-likeness (QED) is 0.407. The van der Waals surface area contributed by atoms with Gasteiger partial charge in [0.1, 0.15) is 5.75 Å². The van der Waals surface area contributed by atoms with Crippen molar-refractivity contribution in [1.82, 2.24) is 0 Å². The van der Waals surface area contributed by atoms with Gasteiger partial charge in [0.25, 0.3) is 0 Å². The van der Waals surface area contributed by atoms with Crippen molar-refractivity contribution in [2.45, 2.75) is 85.7 Å². The van der Waals surface area contributed by atoms with E-state index in [9.17, 15) is 9.66 Å². The summed E-state index contributed by atoms with van der Waals surface area (Å²) < 4.78 is 17.1. The van der Waals surface area contributed by atoms with Crippen molar-refractivity contribution in [3.8, 4) is 5.75 Å². The van der Waals surface area contributed by atoms with Crippen LogP contribution in [0.2, 0.25) is 0 Å². The van der Waals surface area contributed by atoms with Gasteiger partial charge in [-0.25, -0.2) is 0 Å². The van der Waals surface area contributed by atoms with E-state index in [1.165, 1.54) is 20.9 Å². The van der Waals surface area contributed by atoms with Gasteiger partial charge in [-0.1, -0.05) is 46.8 Å². The lowest BCUT2D eigenvalue weighted by atomic mass is 9.74. The molecule has 2 atom stereocenters. The van der Waals surface area contributed by atoms with Crippen molar-refractivity contribution in [1.29, 1.82) is 0 Å². The lowest BCUT2D eigenvalue weighted by Crippen LogP contribution is -2.26. The van der Waals surface area contributed by atoms with E-state index in [0.717, 1.165) is 37.0 Å². The summed E-state index contributed by atoms with van der Waals surface area (Å²) in [7, 11) is 0. The van der Waals surface area contributed by atoms with Gasteiger partial charge in [-0.2, -0.15) is 0 Å². The summed E-state index contributed by atoms with van der Waals surface area (Å²) in [4.78, 5) is 2.78. The summed E-state index contributed by atoms with van der Waals surface area (Å²) in [6.45, 7) is 15.1. The van der Waals surface area contributed by atoms with E-state index in [1.54, 1.807) is 6.26 Å². The molecule has 0 bridgehead atoms. The summed E-state index contributed by atoms with van der Waals surface area (Å²) in [5.74, 6) is 1.03. The van der Waals surface area contributed by atoms with Gasteiger partial charge in [0.05, 0.1) is 12.4 Å². The Bertz CT molecular complexity index is 845. The highest BCUT2D eigenvalue weighted by atomic mass is 32.2. The van der Waals surface area contributed by atoms with Gasteiger partial charge in [-0.05, 0) is 84.9 Å². The zero-order chi connectivity index (χ0) is 23.4. The van der Waals surface area contributed by atoms with Crippen molar-refractivity contribution in [2.75, 3.05) is 12.2 Å². The summed E-state index contributed by atoms with van der Waals surface area (Å²) in [6.07, 6.45) is 5.10. The van der Waals surface area contributed by atoms with Gasteiger partial charge in [0.2, 0.25) is 5.94 Å². The molecule has 1 aromatic carbocycles. The Labute approximate surface area is 196 Å². The average molecular weight is 465 g/mol. The predicted molar refractivity (Wildman–Crippen MR) is 135 cm³/mol. The van der Waals surface area contributed by atoms with Gasteiger partial charge in [-0.15, -0.1) is 11.3 Å². The minimum atomic E-state index is -0.979. The molecule has 0 fully saturated rings. The minimum absolute atomic E-state index is 0.0345. The number of thiophene rings is 1. The summed E-state index contributed by atoms with van der Waals surface area (Å²) >= 11 is 0.925. The molecule has 0 aliphatic carbocycles. The summed E-state index contributed by atoms with van der Waals surface area (Å²) in [6, 6.07) is 8.79. The smallest absolute Gasteiger partial charge is 0.244 e. The zero-order valence-electron chi connectivity index (χ0n) is 20.5. The Hall–Kier alpha value is -1.01. The van der Waals surface area contributed by atoms with Crippen LogP contribution in [0.5, 0.6) is 5.75 Å². The number of hydrogen-bond acceptors (Lipinski definition) is 4. The monoisotopic (exact) mass is 464 g/mol. The maximum atomic E-state index is 11.4. The highest BCUT2D eigenvalue weighted by molar-refractivity contribution is 7.90. The van der Waals surface area contributed by atoms with E-state index >= 15 is 0 Å². The van der Waals surface area contributed by atoms with Crippen LogP contribution in [0.1, 0.15) is 80.3 Å². The summed E-state index contributed by atoms with van der Waals surface area (Å²) in [5, 5.41) is 10.5. The van der Waals surface area contributed by atoms with Crippen LogP contribution < -0.4 is 4.74 Å². The largest absolute Gasteiger partial charge is 0.614 e. The molecule has 1 N–H and O–H groups in total. The highest BCUT2D eigenvalue weighted by Crippen LogP contribution is 2.44. The lowest BCUT2D eigenvalue weighted by molar-refractivity contribution is 0.0561. The van der Waals surface area contributed by atoms with Gasteiger partial charge in [0.15, 0.2) is 0 Å². The van der Waals surface area contributed by atoms with Crippen LogP contribution in [0.3, 0.4) is 0 Å². The highest BCUT2D eigenvalue weighted by Gasteiger charge is 2.33.